The summed E-state index contributed by atoms with van der Waals surface area (Å²) in [7, 11) is -3.62. The maximum Gasteiger partial charge on any atom is 0.319 e. The lowest BCUT2D eigenvalue weighted by Gasteiger charge is -2.31. The molecule has 1 aliphatic heterocycles. The van der Waals surface area contributed by atoms with Crippen LogP contribution < -0.4 is 20.7 Å². The molecule has 1 aromatic heterocycles. The fraction of sp³-hybridized carbons (Fsp3) is 0.441. The number of hydrogen-bond donors (Lipinski definition) is 5. The maximum absolute atomic E-state index is 13.2. The number of unbranched alkanes of at least 4 members (excludes halogenated alkanes) is 3. The summed E-state index contributed by atoms with van der Waals surface area (Å²) >= 11 is 0. The molecule has 0 saturated carbocycles. The Morgan fingerprint density at radius 1 is 1.00 bits per heavy atom. The highest BCUT2D eigenvalue weighted by molar-refractivity contribution is 7.89. The highest BCUT2D eigenvalue weighted by Crippen LogP contribution is 2.33. The van der Waals surface area contributed by atoms with Crippen LogP contribution in [0.15, 0.2) is 71.6 Å². The average molecular weight is 636 g/mol. The van der Waals surface area contributed by atoms with E-state index in [9.17, 15) is 18.3 Å². The van der Waals surface area contributed by atoms with Crippen LogP contribution in [0.1, 0.15) is 45.4 Å². The number of carbonyl (C=O) groups excluding carboxylic acids is 1. The number of hydrogen-bond acceptors (Lipinski definition) is 6. The van der Waals surface area contributed by atoms with Crippen molar-refractivity contribution in [1.29, 1.82) is 0 Å². The molecule has 5 N–H and O–H groups in total. The summed E-state index contributed by atoms with van der Waals surface area (Å²) in [5, 5.41) is 21.6. The molecule has 0 aliphatic carbocycles. The second kappa shape index (κ2) is 15.6. The number of aromatic amines is 1. The van der Waals surface area contributed by atoms with Gasteiger partial charge in [0.15, 0.2) is 0 Å². The van der Waals surface area contributed by atoms with Gasteiger partial charge in [-0.25, -0.2) is 13.2 Å². The Morgan fingerprint density at radius 2 is 1.76 bits per heavy atom. The maximum atomic E-state index is 13.2. The molecule has 2 amide bonds. The number of ether oxygens (including phenoxy) is 1. The number of carbonyl (C=O) groups is 1. The van der Waals surface area contributed by atoms with Crippen molar-refractivity contribution >= 4 is 43.5 Å². The van der Waals surface area contributed by atoms with Crippen molar-refractivity contribution < 1.29 is 23.1 Å². The van der Waals surface area contributed by atoms with E-state index in [1.807, 2.05) is 36.4 Å². The number of fused-ring (bicyclic) bond motifs is 3. The summed E-state index contributed by atoms with van der Waals surface area (Å²) in [6.07, 6.45) is 5.11. The van der Waals surface area contributed by atoms with Gasteiger partial charge in [-0.1, -0.05) is 50.5 Å². The van der Waals surface area contributed by atoms with Crippen LogP contribution >= 0.6 is 0 Å². The monoisotopic (exact) mass is 635 g/mol. The number of benzene rings is 3. The van der Waals surface area contributed by atoms with E-state index < -0.39 is 16.1 Å². The van der Waals surface area contributed by atoms with Gasteiger partial charge in [0, 0.05) is 48.2 Å². The molecule has 3 aromatic carbocycles. The first kappa shape index (κ1) is 32.7. The zero-order chi connectivity index (χ0) is 31.6. The molecule has 1 atom stereocenters. The minimum absolute atomic E-state index is 0.167. The van der Waals surface area contributed by atoms with E-state index in [4.69, 9.17) is 4.74 Å². The van der Waals surface area contributed by atoms with Crippen molar-refractivity contribution in [2.45, 2.75) is 56.4 Å². The molecule has 0 bridgehead atoms. The number of sulfonamides is 1. The fourth-order valence-corrected chi connectivity index (χ4v) is 7.30. The molecule has 45 heavy (non-hydrogen) atoms. The molecule has 5 rings (SSSR count). The van der Waals surface area contributed by atoms with Crippen LogP contribution in [0.3, 0.4) is 0 Å². The Morgan fingerprint density at radius 3 is 2.53 bits per heavy atom. The average Bonchev–Trinajstić information content (AvgIpc) is 3.44. The highest BCUT2D eigenvalue weighted by Gasteiger charge is 2.29. The number of urea groups is 1. The molecule has 10 nitrogen and oxygen atoms in total. The first-order valence-electron chi connectivity index (χ1n) is 16.0. The summed E-state index contributed by atoms with van der Waals surface area (Å²) in [5.74, 6) is 1.05. The molecule has 0 spiro atoms. The third-order valence-electron chi connectivity index (χ3n) is 8.38. The van der Waals surface area contributed by atoms with Crippen molar-refractivity contribution in [3.8, 4) is 5.75 Å². The second-order valence-electron chi connectivity index (χ2n) is 11.8. The smallest absolute Gasteiger partial charge is 0.319 e. The quantitative estimate of drug-likeness (QED) is 0.110. The number of rotatable bonds is 15. The molecule has 11 heteroatoms. The summed E-state index contributed by atoms with van der Waals surface area (Å²) in [5.41, 5.74) is 2.59. The van der Waals surface area contributed by atoms with Gasteiger partial charge in [-0.15, -0.1) is 0 Å². The lowest BCUT2D eigenvalue weighted by molar-refractivity contribution is 0.105. The Kier molecular flexibility index (Phi) is 11.3. The number of para-hydroxylation sites is 1. The molecular formula is C34H45N5O5S. The molecule has 2 heterocycles. The summed E-state index contributed by atoms with van der Waals surface area (Å²) in [6.45, 7) is 4.89. The van der Waals surface area contributed by atoms with Crippen molar-refractivity contribution in [3.05, 3.63) is 66.7 Å². The first-order valence-corrected chi connectivity index (χ1v) is 17.4. The number of nitrogens with one attached hydrogen (secondary N) is 4. The van der Waals surface area contributed by atoms with Gasteiger partial charge in [-0.3, -0.25) is 0 Å². The summed E-state index contributed by atoms with van der Waals surface area (Å²) in [4.78, 5) is 15.7. The van der Waals surface area contributed by atoms with Crippen LogP contribution in [0, 0.1) is 5.92 Å². The van der Waals surface area contributed by atoms with Crippen LogP contribution in [0.4, 0.5) is 10.5 Å². The van der Waals surface area contributed by atoms with Gasteiger partial charge in [0.1, 0.15) is 18.5 Å². The van der Waals surface area contributed by atoms with Crippen molar-refractivity contribution in [1.82, 2.24) is 19.9 Å². The topological polar surface area (TPSA) is 136 Å². The van der Waals surface area contributed by atoms with E-state index in [1.54, 1.807) is 24.3 Å². The summed E-state index contributed by atoms with van der Waals surface area (Å²) in [6, 6.07) is 20.0. The van der Waals surface area contributed by atoms with Crippen molar-refractivity contribution in [2.75, 3.05) is 44.6 Å². The molecule has 1 saturated heterocycles. The first-order chi connectivity index (χ1) is 21.8. The summed E-state index contributed by atoms with van der Waals surface area (Å²) < 4.78 is 34.1. The Balaban J connectivity index is 1.02. The minimum atomic E-state index is -3.62. The molecule has 1 aliphatic rings. The van der Waals surface area contributed by atoms with Gasteiger partial charge in [-0.05, 0) is 74.2 Å². The van der Waals surface area contributed by atoms with E-state index in [1.165, 1.54) is 4.31 Å². The Bertz CT molecular complexity index is 1650. The van der Waals surface area contributed by atoms with Crippen LogP contribution in [0.5, 0.6) is 5.75 Å². The minimum Gasteiger partial charge on any atom is -0.490 e. The van der Waals surface area contributed by atoms with Gasteiger partial charge in [0.25, 0.3) is 0 Å². The van der Waals surface area contributed by atoms with E-state index in [2.05, 4.69) is 33.9 Å². The molecule has 1 fully saturated rings. The third-order valence-corrected chi connectivity index (χ3v) is 10.3. The van der Waals surface area contributed by atoms with Gasteiger partial charge in [0.2, 0.25) is 10.0 Å². The Hall–Kier alpha value is -3.64. The van der Waals surface area contributed by atoms with Crippen LogP contribution in [-0.4, -0.2) is 74.3 Å². The van der Waals surface area contributed by atoms with E-state index >= 15 is 0 Å². The van der Waals surface area contributed by atoms with Crippen LogP contribution in [-0.2, 0) is 10.0 Å². The van der Waals surface area contributed by atoms with Gasteiger partial charge < -0.3 is 30.8 Å². The number of aliphatic hydroxyl groups excluding tert-OH is 1. The Labute approximate surface area is 265 Å². The number of piperidine rings is 1. The van der Waals surface area contributed by atoms with Crippen molar-refractivity contribution in [3.63, 3.8) is 0 Å². The number of aliphatic hydroxyl groups is 1. The molecule has 242 valence electrons. The van der Waals surface area contributed by atoms with E-state index in [-0.39, 0.29) is 17.5 Å². The third kappa shape index (κ3) is 8.55. The molecule has 4 aromatic rings. The van der Waals surface area contributed by atoms with Crippen LogP contribution in [0.2, 0.25) is 0 Å². The van der Waals surface area contributed by atoms with E-state index in [0.717, 1.165) is 66.1 Å². The number of anilines is 1. The van der Waals surface area contributed by atoms with Crippen LogP contribution in [0.25, 0.3) is 21.8 Å². The van der Waals surface area contributed by atoms with Gasteiger partial charge in [0.05, 0.1) is 10.4 Å². The number of H-pyrrole nitrogens is 1. The number of amides is 2. The van der Waals surface area contributed by atoms with E-state index in [0.29, 0.717) is 44.3 Å². The molecule has 0 unspecified atom stereocenters. The van der Waals surface area contributed by atoms with Gasteiger partial charge in [-0.2, -0.15) is 4.31 Å². The predicted molar refractivity (Wildman–Crippen MR) is 179 cm³/mol. The largest absolute Gasteiger partial charge is 0.490 e. The standard InChI is InChI=1S/C34H45N5O5S/c1-2-3-4-7-19-36-34(41)37-26-13-15-28(16-14-26)45(42,43)39-20-17-25(18-21-39)22-35-23-27(40)24-44-32-12-8-11-31-33(32)29-9-5-6-10-30(29)38-31/h5-6,8-16,25,27,35,38,40H,2-4,7,17-24H2,1H3,(H2,36,37,41)/t27-/m0/s1. The molecule has 0 radical (unpaired) electrons. The SMILES string of the molecule is CCCCCCNC(=O)Nc1ccc(S(=O)(=O)N2CCC(CNC[C@H](O)COc3cccc4[nH]c5ccccc5c34)CC2)cc1. The van der Waals surface area contributed by atoms with Gasteiger partial charge >= 0.3 is 6.03 Å². The number of nitrogens with zero attached hydrogens (tertiary/aromatic N) is 1. The molecular weight excluding hydrogens is 590 g/mol. The second-order valence-corrected chi connectivity index (χ2v) is 13.7. The fourth-order valence-electron chi connectivity index (χ4n) is 5.83. The predicted octanol–water partition coefficient (Wildman–Crippen LogP) is 5.45. The van der Waals surface area contributed by atoms with Crippen molar-refractivity contribution in [2.24, 2.45) is 5.92 Å². The normalized spacial score (nSPS) is 15.3. The zero-order valence-electron chi connectivity index (χ0n) is 25.9. The highest BCUT2D eigenvalue weighted by atomic mass is 32.2. The zero-order valence-corrected chi connectivity index (χ0v) is 26.7. The lowest BCUT2D eigenvalue weighted by Crippen LogP contribution is -2.42. The number of aromatic nitrogens is 1. The lowest BCUT2D eigenvalue weighted by atomic mass is 9.98.